The predicted molar refractivity (Wildman–Crippen MR) is 228 cm³/mol. The number of benzene rings is 2. The summed E-state index contributed by atoms with van der Waals surface area (Å²) in [7, 11) is -3.37. The van der Waals surface area contributed by atoms with Crippen molar-refractivity contribution in [2.45, 2.75) is 140 Å². The largest absolute Gasteiger partial charge is 0.382 e. The van der Waals surface area contributed by atoms with Crippen LogP contribution in [0.15, 0.2) is 70.2 Å². The molecule has 0 spiro atoms. The SMILES string of the molecule is CC(C)S(=O)(=O)c1ccc(-c2cnc(N)c(-c3cc(-c4ccc(CCCCCCCO[C@H]5CC[C@H]6[C@@H]7CC[C@H]8CC(=O)CC[C@]8(C)[C@H]7CC[C@]56C)cc4)no3)n2)cc1. The number of carbonyl (C=O) groups excluding carboxylic acids is 1. The summed E-state index contributed by atoms with van der Waals surface area (Å²) in [6, 6.07) is 17.0. The number of nitrogens with zero attached hydrogens (tertiary/aromatic N) is 3. The fraction of sp³-hybridized carbons (Fsp3) is 0.583. The van der Waals surface area contributed by atoms with E-state index < -0.39 is 15.1 Å². The predicted octanol–water partition coefficient (Wildman–Crippen LogP) is 10.7. The van der Waals surface area contributed by atoms with Crippen molar-refractivity contribution in [1.82, 2.24) is 15.1 Å². The fourth-order valence-corrected chi connectivity index (χ4v) is 12.7. The van der Waals surface area contributed by atoms with E-state index in [4.69, 9.17) is 20.0 Å². The highest BCUT2D eigenvalue weighted by atomic mass is 32.2. The highest BCUT2D eigenvalue weighted by molar-refractivity contribution is 7.92. The summed E-state index contributed by atoms with van der Waals surface area (Å²) in [6.45, 7) is 9.33. The van der Waals surface area contributed by atoms with Gasteiger partial charge in [0.1, 0.15) is 11.5 Å². The molecule has 4 fully saturated rings. The molecule has 7 atom stereocenters. The summed E-state index contributed by atoms with van der Waals surface area (Å²) >= 11 is 0. The molecule has 0 saturated heterocycles. The zero-order chi connectivity index (χ0) is 40.7. The van der Waals surface area contributed by atoms with Crippen molar-refractivity contribution in [3.8, 4) is 34.0 Å². The molecular formula is C48H62N4O5S. The minimum atomic E-state index is -3.37. The van der Waals surface area contributed by atoms with E-state index in [0.29, 0.717) is 51.5 Å². The van der Waals surface area contributed by atoms with Crippen LogP contribution in [0.25, 0.3) is 34.0 Å². The van der Waals surface area contributed by atoms with E-state index in [9.17, 15) is 13.2 Å². The number of anilines is 1. The van der Waals surface area contributed by atoms with Crippen molar-refractivity contribution in [2.75, 3.05) is 12.3 Å². The van der Waals surface area contributed by atoms with Gasteiger partial charge < -0.3 is 15.0 Å². The van der Waals surface area contributed by atoms with Gasteiger partial charge in [0.15, 0.2) is 27.1 Å². The number of rotatable bonds is 14. The van der Waals surface area contributed by atoms with Gasteiger partial charge in [0, 0.05) is 36.6 Å². The number of hydrogen-bond acceptors (Lipinski definition) is 9. The minimum absolute atomic E-state index is 0.222. The van der Waals surface area contributed by atoms with Gasteiger partial charge in [0.25, 0.3) is 0 Å². The highest BCUT2D eigenvalue weighted by Gasteiger charge is 2.60. The first-order chi connectivity index (χ1) is 27.9. The van der Waals surface area contributed by atoms with Crippen LogP contribution in [-0.4, -0.2) is 47.3 Å². The standard InChI is InChI=1S/C48H62N4O5S/c1-31(2)58(54,55)37-18-15-34(16-19-37)42-30-50-46(49)45(51-42)43-29-41(52-57-43)33-13-11-32(12-14-33)10-8-6-5-7-9-27-56-44-22-21-39-38-20-17-35-28-36(53)23-25-47(35,3)40(38)24-26-48(39,44)4/h11-16,18-19,29-31,35,38-40,44H,5-10,17,20-28H2,1-4H3,(H2,49,50)/t35-,38-,39-,40-,44-,47-,48-/m0/s1. The molecule has 2 aromatic heterocycles. The number of aryl methyl sites for hydroxylation is 1. The van der Waals surface area contributed by atoms with Crippen molar-refractivity contribution in [3.05, 3.63) is 66.4 Å². The van der Waals surface area contributed by atoms with E-state index >= 15 is 0 Å². The molecule has 2 N–H and O–H groups in total. The molecule has 2 heterocycles. The Morgan fingerprint density at radius 2 is 1.55 bits per heavy atom. The van der Waals surface area contributed by atoms with E-state index in [-0.39, 0.29) is 10.7 Å². The van der Waals surface area contributed by atoms with Gasteiger partial charge in [0.2, 0.25) is 0 Å². The smallest absolute Gasteiger partial charge is 0.189 e. The minimum Gasteiger partial charge on any atom is -0.382 e. The number of ketones is 1. The van der Waals surface area contributed by atoms with Crippen LogP contribution in [0, 0.1) is 34.5 Å². The van der Waals surface area contributed by atoms with Crippen LogP contribution in [0.3, 0.4) is 0 Å². The number of ether oxygens (including phenoxy) is 1. The third-order valence-corrected chi connectivity index (χ3v) is 17.4. The molecule has 0 amide bonds. The summed E-state index contributed by atoms with van der Waals surface area (Å²) in [5.41, 5.74) is 11.5. The van der Waals surface area contributed by atoms with Gasteiger partial charge in [-0.2, -0.15) is 0 Å². The molecule has 4 aromatic rings. The van der Waals surface area contributed by atoms with Crippen LogP contribution < -0.4 is 5.73 Å². The Labute approximate surface area is 345 Å². The first-order valence-electron chi connectivity index (χ1n) is 22.0. The second-order valence-corrected chi connectivity index (χ2v) is 21.3. The normalized spacial score (nSPS) is 28.3. The van der Waals surface area contributed by atoms with Crippen molar-refractivity contribution >= 4 is 21.4 Å². The number of nitrogens with two attached hydrogens (primary N) is 1. The average Bonchev–Trinajstić information content (AvgIpc) is 3.84. The number of aromatic nitrogens is 3. The number of unbranched alkanes of at least 4 members (excludes halogenated alkanes) is 4. The van der Waals surface area contributed by atoms with E-state index in [1.54, 1.807) is 44.3 Å². The maximum atomic E-state index is 12.6. The molecule has 2 aromatic carbocycles. The molecule has 10 heteroatoms. The molecular weight excluding hydrogens is 745 g/mol. The van der Waals surface area contributed by atoms with Crippen LogP contribution in [0.1, 0.15) is 123 Å². The molecule has 0 bridgehead atoms. The zero-order valence-electron chi connectivity index (χ0n) is 34.9. The van der Waals surface area contributed by atoms with Crippen molar-refractivity contribution < 1.29 is 22.5 Å². The van der Waals surface area contributed by atoms with Gasteiger partial charge in [-0.15, -0.1) is 0 Å². The average molecular weight is 807 g/mol. The number of Topliss-reactive ketones (excluding diaryl/α,β-unsaturated/α-hetero) is 1. The van der Waals surface area contributed by atoms with Crippen LogP contribution in [0.5, 0.6) is 0 Å². The Kier molecular flexibility index (Phi) is 11.7. The lowest BCUT2D eigenvalue weighted by Crippen LogP contribution is -2.54. The molecule has 8 rings (SSSR count). The zero-order valence-corrected chi connectivity index (χ0v) is 35.7. The fourth-order valence-electron chi connectivity index (χ4n) is 11.6. The number of hydrogen-bond donors (Lipinski definition) is 1. The van der Waals surface area contributed by atoms with E-state index in [1.807, 2.05) is 6.07 Å². The Bertz CT molecular complexity index is 2180. The number of sulfone groups is 1. The Morgan fingerprint density at radius 3 is 2.33 bits per heavy atom. The van der Waals surface area contributed by atoms with Gasteiger partial charge in [0.05, 0.1) is 28.1 Å². The summed E-state index contributed by atoms with van der Waals surface area (Å²) < 4.78 is 37.5. The Morgan fingerprint density at radius 1 is 0.845 bits per heavy atom. The lowest BCUT2D eigenvalue weighted by Gasteiger charge is -2.60. The lowest BCUT2D eigenvalue weighted by atomic mass is 9.45. The van der Waals surface area contributed by atoms with E-state index in [0.717, 1.165) is 74.0 Å². The summed E-state index contributed by atoms with van der Waals surface area (Å²) in [6.07, 6.45) is 19.6. The molecule has 0 unspecified atom stereocenters. The summed E-state index contributed by atoms with van der Waals surface area (Å²) in [4.78, 5) is 21.6. The summed E-state index contributed by atoms with van der Waals surface area (Å²) in [5.74, 6) is 4.20. The molecule has 4 aliphatic rings. The third kappa shape index (κ3) is 7.92. The first kappa shape index (κ1) is 40.9. The molecule has 4 saturated carbocycles. The van der Waals surface area contributed by atoms with Crippen LogP contribution in [0.2, 0.25) is 0 Å². The van der Waals surface area contributed by atoms with Crippen LogP contribution in [0.4, 0.5) is 5.82 Å². The van der Waals surface area contributed by atoms with Gasteiger partial charge >= 0.3 is 0 Å². The number of fused-ring (bicyclic) bond motifs is 5. The van der Waals surface area contributed by atoms with E-state index in [1.165, 1.54) is 63.4 Å². The molecule has 0 aliphatic heterocycles. The van der Waals surface area contributed by atoms with Gasteiger partial charge in [-0.1, -0.05) is 74.7 Å². The maximum Gasteiger partial charge on any atom is 0.189 e. The van der Waals surface area contributed by atoms with Gasteiger partial charge in [-0.3, -0.25) is 4.79 Å². The van der Waals surface area contributed by atoms with Crippen LogP contribution >= 0.6 is 0 Å². The number of nitrogen functional groups attached to an aromatic ring is 1. The quantitative estimate of drug-likeness (QED) is 0.123. The monoisotopic (exact) mass is 806 g/mol. The molecule has 9 nitrogen and oxygen atoms in total. The second-order valence-electron chi connectivity index (χ2n) is 18.8. The first-order valence-corrected chi connectivity index (χ1v) is 23.6. The van der Waals surface area contributed by atoms with Crippen LogP contribution in [-0.2, 0) is 25.8 Å². The van der Waals surface area contributed by atoms with E-state index in [2.05, 4.69) is 48.3 Å². The number of carbonyl (C=O) groups is 1. The maximum absolute atomic E-state index is 12.6. The second kappa shape index (κ2) is 16.6. The third-order valence-electron chi connectivity index (χ3n) is 15.2. The van der Waals surface area contributed by atoms with Crippen molar-refractivity contribution in [1.29, 1.82) is 0 Å². The van der Waals surface area contributed by atoms with Gasteiger partial charge in [-0.05, 0) is 130 Å². The molecule has 4 aliphatic carbocycles. The highest BCUT2D eigenvalue weighted by Crippen LogP contribution is 2.66. The summed E-state index contributed by atoms with van der Waals surface area (Å²) in [5, 5.41) is 3.80. The van der Waals surface area contributed by atoms with Crippen molar-refractivity contribution in [3.63, 3.8) is 0 Å². The topological polar surface area (TPSA) is 138 Å². The van der Waals surface area contributed by atoms with Gasteiger partial charge in [-0.25, -0.2) is 18.4 Å². The Balaban J connectivity index is 0.764. The molecule has 58 heavy (non-hydrogen) atoms. The molecule has 310 valence electrons. The molecule has 0 radical (unpaired) electrons. The Hall–Kier alpha value is -3.89. The lowest BCUT2D eigenvalue weighted by molar-refractivity contribution is -0.145. The van der Waals surface area contributed by atoms with Crippen molar-refractivity contribution in [2.24, 2.45) is 34.5 Å².